The number of hydrogen-bond donors (Lipinski definition) is 2. The van der Waals surface area contributed by atoms with E-state index in [1.807, 2.05) is 6.07 Å². The maximum Gasteiger partial charge on any atom is 0.170 e. The Bertz CT molecular complexity index is 813. The van der Waals surface area contributed by atoms with Crippen LogP contribution in [0.15, 0.2) is 12.3 Å². The molecule has 2 unspecified atom stereocenters. The zero-order chi connectivity index (χ0) is 16.7. The summed E-state index contributed by atoms with van der Waals surface area (Å²) in [6, 6.07) is 1.64. The Kier molecular flexibility index (Phi) is 3.70. The predicted octanol–water partition coefficient (Wildman–Crippen LogP) is 2.29. The van der Waals surface area contributed by atoms with E-state index < -0.39 is 0 Å². The first-order valence-electron chi connectivity index (χ1n) is 8.54. The average molecular weight is 327 g/mol. The van der Waals surface area contributed by atoms with Gasteiger partial charge in [0.2, 0.25) is 0 Å². The van der Waals surface area contributed by atoms with Gasteiger partial charge in [-0.25, -0.2) is 4.98 Å². The third-order valence-electron chi connectivity index (χ3n) is 5.06. The number of nitrogens with one attached hydrogen (secondary N) is 2. The number of carbonyl (C=O) groups excluding carboxylic acids is 2. The summed E-state index contributed by atoms with van der Waals surface area (Å²) in [6.07, 6.45) is 6.40. The molecule has 1 saturated carbocycles. The largest absolute Gasteiger partial charge is 0.373 e. The molecule has 2 aromatic heterocycles. The summed E-state index contributed by atoms with van der Waals surface area (Å²) < 4.78 is 1.64. The van der Waals surface area contributed by atoms with Crippen LogP contribution in [0.5, 0.6) is 0 Å². The lowest BCUT2D eigenvalue weighted by atomic mass is 9.98. The van der Waals surface area contributed by atoms with Crippen LogP contribution in [0.2, 0.25) is 0 Å². The van der Waals surface area contributed by atoms with E-state index in [9.17, 15) is 9.59 Å². The molecule has 3 heterocycles. The molecule has 126 valence electrons. The Morgan fingerprint density at radius 2 is 2.21 bits per heavy atom. The molecule has 4 rings (SSSR count). The standard InChI is InChI=1S/C17H21N5O2/c1-18-16-8-15-20-12-6-10(7-14(12)24)4-2-3-5-13(23)11-9-19-22(16)17(11)21-15/h8-10,12,18H,2-7H2,1H3,(H,20,21). The van der Waals surface area contributed by atoms with E-state index in [0.29, 0.717) is 35.8 Å². The van der Waals surface area contributed by atoms with Gasteiger partial charge < -0.3 is 10.6 Å². The summed E-state index contributed by atoms with van der Waals surface area (Å²) >= 11 is 0. The highest BCUT2D eigenvalue weighted by Gasteiger charge is 2.32. The second kappa shape index (κ2) is 5.89. The van der Waals surface area contributed by atoms with E-state index in [1.165, 1.54) is 0 Å². The second-order valence-corrected chi connectivity index (χ2v) is 6.71. The summed E-state index contributed by atoms with van der Waals surface area (Å²) in [4.78, 5) is 29.4. The molecule has 7 nitrogen and oxygen atoms in total. The number of rotatable bonds is 1. The fourth-order valence-corrected chi connectivity index (χ4v) is 3.78. The van der Waals surface area contributed by atoms with Crippen LogP contribution >= 0.6 is 0 Å². The zero-order valence-corrected chi connectivity index (χ0v) is 13.7. The molecule has 0 radical (unpaired) electrons. The first-order valence-corrected chi connectivity index (χ1v) is 8.54. The highest BCUT2D eigenvalue weighted by Crippen LogP contribution is 2.31. The molecule has 1 aliphatic heterocycles. The van der Waals surface area contributed by atoms with Crippen molar-refractivity contribution in [1.29, 1.82) is 0 Å². The van der Waals surface area contributed by atoms with E-state index in [1.54, 1.807) is 17.8 Å². The first kappa shape index (κ1) is 15.1. The lowest BCUT2D eigenvalue weighted by Crippen LogP contribution is -2.24. The van der Waals surface area contributed by atoms with E-state index in [4.69, 9.17) is 0 Å². The van der Waals surface area contributed by atoms with Crippen LogP contribution in [0.25, 0.3) is 5.65 Å². The van der Waals surface area contributed by atoms with Gasteiger partial charge in [0.25, 0.3) is 0 Å². The van der Waals surface area contributed by atoms with Gasteiger partial charge in [-0.3, -0.25) is 9.59 Å². The van der Waals surface area contributed by atoms with Crippen molar-refractivity contribution >= 4 is 28.8 Å². The molecular formula is C17H21N5O2. The Morgan fingerprint density at radius 3 is 3.04 bits per heavy atom. The van der Waals surface area contributed by atoms with Crippen molar-refractivity contribution in [3.8, 4) is 0 Å². The molecule has 0 amide bonds. The van der Waals surface area contributed by atoms with Crippen LogP contribution in [-0.4, -0.2) is 39.3 Å². The third-order valence-corrected chi connectivity index (χ3v) is 5.06. The number of fused-ring (bicyclic) bond motifs is 3. The number of aromatic nitrogens is 3. The smallest absolute Gasteiger partial charge is 0.170 e. The molecule has 0 saturated heterocycles. The number of hydrogen-bond acceptors (Lipinski definition) is 6. The van der Waals surface area contributed by atoms with E-state index >= 15 is 0 Å². The Labute approximate surface area is 139 Å². The van der Waals surface area contributed by atoms with E-state index in [0.717, 1.165) is 31.5 Å². The van der Waals surface area contributed by atoms with Gasteiger partial charge >= 0.3 is 0 Å². The minimum Gasteiger partial charge on any atom is -0.373 e. The molecule has 1 fully saturated rings. The lowest BCUT2D eigenvalue weighted by Gasteiger charge is -2.14. The predicted molar refractivity (Wildman–Crippen MR) is 90.5 cm³/mol. The number of carbonyl (C=O) groups is 2. The third kappa shape index (κ3) is 2.53. The van der Waals surface area contributed by atoms with Crippen molar-refractivity contribution in [3.63, 3.8) is 0 Å². The minimum atomic E-state index is -0.183. The quantitative estimate of drug-likeness (QED) is 0.835. The first-order chi connectivity index (χ1) is 11.7. The van der Waals surface area contributed by atoms with Crippen LogP contribution < -0.4 is 10.6 Å². The van der Waals surface area contributed by atoms with Crippen LogP contribution in [0.3, 0.4) is 0 Å². The molecule has 7 heteroatoms. The number of Topliss-reactive ketones (excluding diaryl/α,β-unsaturated/α-hetero) is 2. The molecule has 24 heavy (non-hydrogen) atoms. The van der Waals surface area contributed by atoms with Crippen LogP contribution in [0.1, 0.15) is 48.9 Å². The zero-order valence-electron chi connectivity index (χ0n) is 13.7. The molecule has 0 spiro atoms. The van der Waals surface area contributed by atoms with Crippen LogP contribution in [0, 0.1) is 5.92 Å². The molecule has 4 bridgehead atoms. The Hall–Kier alpha value is -2.44. The Balaban J connectivity index is 1.81. The fourth-order valence-electron chi connectivity index (χ4n) is 3.78. The summed E-state index contributed by atoms with van der Waals surface area (Å²) in [5.74, 6) is 2.10. The van der Waals surface area contributed by atoms with Crippen molar-refractivity contribution < 1.29 is 9.59 Å². The van der Waals surface area contributed by atoms with Crippen molar-refractivity contribution in [2.24, 2.45) is 5.92 Å². The van der Waals surface area contributed by atoms with Gasteiger partial charge in [-0.2, -0.15) is 9.61 Å². The van der Waals surface area contributed by atoms with Crippen molar-refractivity contribution in [2.45, 2.75) is 44.6 Å². The van der Waals surface area contributed by atoms with Gasteiger partial charge in [0.1, 0.15) is 11.6 Å². The lowest BCUT2D eigenvalue weighted by molar-refractivity contribution is -0.118. The van der Waals surface area contributed by atoms with Crippen molar-refractivity contribution in [2.75, 3.05) is 17.7 Å². The highest BCUT2D eigenvalue weighted by atomic mass is 16.1. The molecule has 2 N–H and O–H groups in total. The van der Waals surface area contributed by atoms with E-state index in [-0.39, 0.29) is 17.6 Å². The summed E-state index contributed by atoms with van der Waals surface area (Å²) in [7, 11) is 1.80. The topological polar surface area (TPSA) is 88.4 Å². The number of ketones is 2. The number of nitrogens with zero attached hydrogens (tertiary/aromatic N) is 3. The molecule has 0 aromatic carbocycles. The van der Waals surface area contributed by atoms with Gasteiger partial charge in [-0.15, -0.1) is 0 Å². The highest BCUT2D eigenvalue weighted by molar-refractivity contribution is 6.01. The minimum absolute atomic E-state index is 0.0807. The van der Waals surface area contributed by atoms with Crippen molar-refractivity contribution in [1.82, 2.24) is 14.6 Å². The van der Waals surface area contributed by atoms with Gasteiger partial charge in [0.15, 0.2) is 17.2 Å². The summed E-state index contributed by atoms with van der Waals surface area (Å²) in [5, 5.41) is 10.6. The summed E-state index contributed by atoms with van der Waals surface area (Å²) in [6.45, 7) is 0. The summed E-state index contributed by atoms with van der Waals surface area (Å²) in [5.41, 5.74) is 1.08. The maximum atomic E-state index is 12.5. The van der Waals surface area contributed by atoms with Gasteiger partial charge in [0.05, 0.1) is 17.8 Å². The normalized spacial score (nSPS) is 24.4. The molecule has 2 atom stereocenters. The maximum absolute atomic E-state index is 12.5. The molecule has 2 aromatic rings. The van der Waals surface area contributed by atoms with Crippen LogP contribution in [-0.2, 0) is 4.79 Å². The average Bonchev–Trinajstić information content (AvgIpc) is 3.14. The van der Waals surface area contributed by atoms with Crippen LogP contribution in [0.4, 0.5) is 11.6 Å². The second-order valence-electron chi connectivity index (χ2n) is 6.71. The fraction of sp³-hybridized carbons (Fsp3) is 0.529. The van der Waals surface area contributed by atoms with Gasteiger partial charge in [0, 0.05) is 26.0 Å². The Morgan fingerprint density at radius 1 is 1.33 bits per heavy atom. The van der Waals surface area contributed by atoms with Gasteiger partial charge in [-0.05, 0) is 25.2 Å². The molecular weight excluding hydrogens is 306 g/mol. The van der Waals surface area contributed by atoms with E-state index in [2.05, 4.69) is 20.7 Å². The van der Waals surface area contributed by atoms with Gasteiger partial charge in [-0.1, -0.05) is 6.42 Å². The SMILES string of the molecule is CNc1cc2nc3c(cnn13)C(=O)CCCCC1CC(=O)C(C1)N2. The van der Waals surface area contributed by atoms with Crippen molar-refractivity contribution in [3.05, 3.63) is 17.8 Å². The molecule has 2 aliphatic rings. The number of anilines is 2. The monoisotopic (exact) mass is 327 g/mol. The molecule has 1 aliphatic carbocycles.